The van der Waals surface area contributed by atoms with E-state index in [1.165, 1.54) is 0 Å². The largest absolute Gasteiger partial charge is 0.488 e. The predicted octanol–water partition coefficient (Wildman–Crippen LogP) is 4.96. The molecule has 0 saturated carbocycles. The van der Waals surface area contributed by atoms with Crippen molar-refractivity contribution in [3.05, 3.63) is 82.6 Å². The SMILES string of the molecule is N#Cc1ccc(-c2ccc(Br)cc2)c(OCc2cccnc2)c1. The van der Waals surface area contributed by atoms with E-state index in [0.29, 0.717) is 17.9 Å². The van der Waals surface area contributed by atoms with Crippen LogP contribution in [0.5, 0.6) is 5.75 Å². The second kappa shape index (κ2) is 7.08. The van der Waals surface area contributed by atoms with Gasteiger partial charge in [-0.2, -0.15) is 5.26 Å². The normalized spacial score (nSPS) is 10.1. The van der Waals surface area contributed by atoms with E-state index in [1.54, 1.807) is 24.5 Å². The number of pyridine rings is 1. The number of benzene rings is 2. The van der Waals surface area contributed by atoms with Gasteiger partial charge in [-0.25, -0.2) is 0 Å². The third-order valence-corrected chi connectivity index (χ3v) is 3.91. The predicted molar refractivity (Wildman–Crippen MR) is 92.9 cm³/mol. The Hall–Kier alpha value is -2.64. The van der Waals surface area contributed by atoms with Crippen molar-refractivity contribution in [2.45, 2.75) is 6.61 Å². The topological polar surface area (TPSA) is 45.9 Å². The monoisotopic (exact) mass is 364 g/mol. The molecular weight excluding hydrogens is 352 g/mol. The second-order valence-corrected chi connectivity index (χ2v) is 5.90. The molecule has 1 heterocycles. The van der Waals surface area contributed by atoms with Gasteiger partial charge in [0.05, 0.1) is 11.6 Å². The lowest BCUT2D eigenvalue weighted by atomic mass is 10.0. The zero-order valence-electron chi connectivity index (χ0n) is 12.2. The molecule has 0 N–H and O–H groups in total. The summed E-state index contributed by atoms with van der Waals surface area (Å²) in [6.45, 7) is 0.409. The third kappa shape index (κ3) is 3.77. The van der Waals surface area contributed by atoms with Crippen molar-refractivity contribution in [1.29, 1.82) is 5.26 Å². The van der Waals surface area contributed by atoms with Crippen molar-refractivity contribution >= 4 is 15.9 Å². The van der Waals surface area contributed by atoms with E-state index in [0.717, 1.165) is 21.2 Å². The lowest BCUT2D eigenvalue weighted by molar-refractivity contribution is 0.307. The maximum atomic E-state index is 9.12. The van der Waals surface area contributed by atoms with E-state index in [1.807, 2.05) is 42.5 Å². The maximum absolute atomic E-state index is 9.12. The molecule has 3 aromatic rings. The average Bonchev–Trinajstić information content (AvgIpc) is 2.61. The zero-order valence-corrected chi connectivity index (χ0v) is 13.8. The van der Waals surface area contributed by atoms with Gasteiger partial charge in [0.15, 0.2) is 0 Å². The van der Waals surface area contributed by atoms with Gasteiger partial charge < -0.3 is 4.74 Å². The molecule has 0 spiro atoms. The highest BCUT2D eigenvalue weighted by atomic mass is 79.9. The van der Waals surface area contributed by atoms with Crippen LogP contribution in [0.3, 0.4) is 0 Å². The molecule has 0 bridgehead atoms. The Kier molecular flexibility index (Phi) is 4.70. The minimum Gasteiger partial charge on any atom is -0.488 e. The van der Waals surface area contributed by atoms with E-state index in [4.69, 9.17) is 10.00 Å². The minimum absolute atomic E-state index is 0.409. The van der Waals surface area contributed by atoms with Crippen molar-refractivity contribution in [1.82, 2.24) is 4.98 Å². The van der Waals surface area contributed by atoms with Crippen LogP contribution in [0.15, 0.2) is 71.5 Å². The number of halogens is 1. The van der Waals surface area contributed by atoms with E-state index in [-0.39, 0.29) is 0 Å². The standard InChI is InChI=1S/C19H13BrN2O/c20-17-6-4-16(5-7-17)18-8-3-14(11-21)10-19(18)23-13-15-2-1-9-22-12-15/h1-10,12H,13H2. The van der Waals surface area contributed by atoms with Crippen LogP contribution in [0, 0.1) is 11.3 Å². The molecule has 0 aliphatic heterocycles. The summed E-state index contributed by atoms with van der Waals surface area (Å²) in [7, 11) is 0. The number of hydrogen-bond acceptors (Lipinski definition) is 3. The van der Waals surface area contributed by atoms with Crippen LogP contribution in [0.4, 0.5) is 0 Å². The fourth-order valence-corrected chi connectivity index (χ4v) is 2.49. The van der Waals surface area contributed by atoms with Crippen LogP contribution in [0.1, 0.15) is 11.1 Å². The van der Waals surface area contributed by atoms with E-state index < -0.39 is 0 Å². The Morgan fingerprint density at radius 2 is 1.91 bits per heavy atom. The summed E-state index contributed by atoms with van der Waals surface area (Å²) in [5.74, 6) is 0.690. The molecule has 0 fully saturated rings. The average molecular weight is 365 g/mol. The first kappa shape index (κ1) is 15.3. The van der Waals surface area contributed by atoms with Crippen LogP contribution >= 0.6 is 15.9 Å². The van der Waals surface area contributed by atoms with Gasteiger partial charge in [-0.1, -0.05) is 34.1 Å². The van der Waals surface area contributed by atoms with Crippen molar-refractivity contribution in [2.75, 3.05) is 0 Å². The first-order chi connectivity index (χ1) is 11.3. The summed E-state index contributed by atoms with van der Waals surface area (Å²) in [4.78, 5) is 4.08. The van der Waals surface area contributed by atoms with E-state index in [2.05, 4.69) is 27.0 Å². The molecule has 112 valence electrons. The number of nitrogens with zero attached hydrogens (tertiary/aromatic N) is 2. The van der Waals surface area contributed by atoms with Crippen LogP contribution in [0.25, 0.3) is 11.1 Å². The molecule has 0 radical (unpaired) electrons. The molecule has 1 aromatic heterocycles. The van der Waals surface area contributed by atoms with Gasteiger partial charge in [0.1, 0.15) is 12.4 Å². The van der Waals surface area contributed by atoms with Gasteiger partial charge in [0.2, 0.25) is 0 Å². The van der Waals surface area contributed by atoms with Gasteiger partial charge in [0.25, 0.3) is 0 Å². The molecule has 4 heteroatoms. The summed E-state index contributed by atoms with van der Waals surface area (Å²) < 4.78 is 6.97. The molecule has 0 amide bonds. The number of hydrogen-bond donors (Lipinski definition) is 0. The van der Waals surface area contributed by atoms with Crippen LogP contribution in [-0.2, 0) is 6.61 Å². The Balaban J connectivity index is 1.93. The summed E-state index contributed by atoms with van der Waals surface area (Å²) in [6, 6.07) is 19.5. The van der Waals surface area contributed by atoms with Crippen LogP contribution in [0.2, 0.25) is 0 Å². The Bertz CT molecular complexity index is 839. The molecule has 0 aliphatic rings. The highest BCUT2D eigenvalue weighted by Gasteiger charge is 2.08. The van der Waals surface area contributed by atoms with Crippen LogP contribution in [-0.4, -0.2) is 4.98 Å². The highest BCUT2D eigenvalue weighted by Crippen LogP contribution is 2.32. The molecular formula is C19H13BrN2O. The van der Waals surface area contributed by atoms with Gasteiger partial charge in [-0.15, -0.1) is 0 Å². The Morgan fingerprint density at radius 3 is 2.61 bits per heavy atom. The van der Waals surface area contributed by atoms with Gasteiger partial charge in [-0.05, 0) is 42.0 Å². The lowest BCUT2D eigenvalue weighted by Gasteiger charge is -2.12. The van der Waals surface area contributed by atoms with E-state index >= 15 is 0 Å². The van der Waals surface area contributed by atoms with E-state index in [9.17, 15) is 0 Å². The molecule has 0 atom stereocenters. The van der Waals surface area contributed by atoms with Crippen LogP contribution < -0.4 is 4.74 Å². The molecule has 0 aliphatic carbocycles. The smallest absolute Gasteiger partial charge is 0.128 e. The molecule has 0 unspecified atom stereocenters. The molecule has 2 aromatic carbocycles. The number of aromatic nitrogens is 1. The Labute approximate surface area is 143 Å². The molecule has 23 heavy (non-hydrogen) atoms. The van der Waals surface area contributed by atoms with Gasteiger partial charge >= 0.3 is 0 Å². The first-order valence-electron chi connectivity index (χ1n) is 7.08. The molecule has 0 saturated heterocycles. The van der Waals surface area contributed by atoms with Crippen molar-refractivity contribution in [2.24, 2.45) is 0 Å². The number of rotatable bonds is 4. The van der Waals surface area contributed by atoms with Crippen molar-refractivity contribution < 1.29 is 4.74 Å². The summed E-state index contributed by atoms with van der Waals surface area (Å²) in [5, 5.41) is 9.12. The van der Waals surface area contributed by atoms with Crippen molar-refractivity contribution in [3.8, 4) is 22.9 Å². The fourth-order valence-electron chi connectivity index (χ4n) is 2.22. The lowest BCUT2D eigenvalue weighted by Crippen LogP contribution is -1.98. The fraction of sp³-hybridized carbons (Fsp3) is 0.0526. The minimum atomic E-state index is 0.409. The summed E-state index contributed by atoms with van der Waals surface area (Å²) in [5.41, 5.74) is 3.56. The maximum Gasteiger partial charge on any atom is 0.128 e. The Morgan fingerprint density at radius 1 is 1.09 bits per heavy atom. The van der Waals surface area contributed by atoms with Crippen molar-refractivity contribution in [3.63, 3.8) is 0 Å². The molecule has 3 rings (SSSR count). The number of ether oxygens (including phenoxy) is 1. The number of nitriles is 1. The van der Waals surface area contributed by atoms with Gasteiger partial charge in [-0.3, -0.25) is 4.98 Å². The third-order valence-electron chi connectivity index (χ3n) is 3.38. The van der Waals surface area contributed by atoms with Gasteiger partial charge in [0, 0.05) is 28.0 Å². The molecule has 3 nitrogen and oxygen atoms in total. The second-order valence-electron chi connectivity index (χ2n) is 4.98. The first-order valence-corrected chi connectivity index (χ1v) is 7.87. The summed E-state index contributed by atoms with van der Waals surface area (Å²) in [6.07, 6.45) is 3.50. The summed E-state index contributed by atoms with van der Waals surface area (Å²) >= 11 is 3.44. The highest BCUT2D eigenvalue weighted by molar-refractivity contribution is 9.10. The zero-order chi connectivity index (χ0) is 16.1. The quantitative estimate of drug-likeness (QED) is 0.656.